The first-order chi connectivity index (χ1) is 5.68. The second kappa shape index (κ2) is 2.24. The van der Waals surface area contributed by atoms with Gasteiger partial charge in [-0.15, -0.1) is 0 Å². The van der Waals surface area contributed by atoms with Crippen LogP contribution in [0.4, 0.5) is 5.69 Å². The first kappa shape index (κ1) is 7.16. The third kappa shape index (κ3) is 0.863. The Morgan fingerprint density at radius 1 is 1.50 bits per heavy atom. The zero-order valence-corrected chi connectivity index (χ0v) is 6.70. The molecule has 1 unspecified atom stereocenters. The smallest absolute Gasteiger partial charge is 0.339 e. The van der Waals surface area contributed by atoms with Gasteiger partial charge in [-0.2, -0.15) is 0 Å². The molecule has 0 spiro atoms. The van der Waals surface area contributed by atoms with Gasteiger partial charge in [0.05, 0.1) is 5.56 Å². The van der Waals surface area contributed by atoms with Gasteiger partial charge >= 0.3 is 5.97 Å². The molecule has 1 aromatic rings. The maximum atomic E-state index is 11.2. The van der Waals surface area contributed by atoms with E-state index in [0.717, 1.165) is 5.56 Å². The van der Waals surface area contributed by atoms with Crippen LogP contribution in [0.1, 0.15) is 28.9 Å². The number of ether oxygens (including phenoxy) is 1. The van der Waals surface area contributed by atoms with E-state index in [4.69, 9.17) is 10.5 Å². The molecule has 1 aromatic carbocycles. The SMILES string of the molecule is CC1OC(=O)c2cc(N)ccc21. The molecule has 1 heterocycles. The van der Waals surface area contributed by atoms with Crippen LogP contribution in [0.2, 0.25) is 0 Å². The zero-order chi connectivity index (χ0) is 8.72. The Balaban J connectivity index is 2.60. The molecule has 3 nitrogen and oxygen atoms in total. The highest BCUT2D eigenvalue weighted by Crippen LogP contribution is 2.30. The van der Waals surface area contributed by atoms with Gasteiger partial charge in [-0.25, -0.2) is 4.79 Å². The largest absolute Gasteiger partial charge is 0.454 e. The van der Waals surface area contributed by atoms with Crippen LogP contribution in [0.3, 0.4) is 0 Å². The summed E-state index contributed by atoms with van der Waals surface area (Å²) in [6, 6.07) is 5.26. The van der Waals surface area contributed by atoms with Crippen molar-refractivity contribution in [3.63, 3.8) is 0 Å². The maximum absolute atomic E-state index is 11.2. The Hall–Kier alpha value is -1.51. The first-order valence-electron chi connectivity index (χ1n) is 3.79. The van der Waals surface area contributed by atoms with E-state index in [1.54, 1.807) is 12.1 Å². The van der Waals surface area contributed by atoms with E-state index >= 15 is 0 Å². The molecule has 12 heavy (non-hydrogen) atoms. The van der Waals surface area contributed by atoms with E-state index in [2.05, 4.69) is 0 Å². The number of rotatable bonds is 0. The van der Waals surface area contributed by atoms with Crippen LogP contribution < -0.4 is 5.73 Å². The average Bonchev–Trinajstić information content (AvgIpc) is 2.28. The van der Waals surface area contributed by atoms with Crippen molar-refractivity contribution in [1.29, 1.82) is 0 Å². The molecule has 0 aliphatic carbocycles. The third-order valence-electron chi connectivity index (χ3n) is 2.02. The summed E-state index contributed by atoms with van der Waals surface area (Å²) < 4.78 is 4.99. The molecule has 3 heteroatoms. The number of nitrogens with two attached hydrogens (primary N) is 1. The van der Waals surface area contributed by atoms with Crippen LogP contribution in [0.15, 0.2) is 18.2 Å². The lowest BCUT2D eigenvalue weighted by Gasteiger charge is -2.00. The molecule has 0 saturated carbocycles. The molecule has 0 fully saturated rings. The normalized spacial score (nSPS) is 20.4. The van der Waals surface area contributed by atoms with Gasteiger partial charge in [-0.1, -0.05) is 6.07 Å². The molecule has 0 amide bonds. The van der Waals surface area contributed by atoms with Crippen molar-refractivity contribution < 1.29 is 9.53 Å². The summed E-state index contributed by atoms with van der Waals surface area (Å²) in [5.74, 6) is -0.273. The van der Waals surface area contributed by atoms with Gasteiger partial charge in [0.25, 0.3) is 0 Å². The predicted molar refractivity (Wildman–Crippen MR) is 44.7 cm³/mol. The van der Waals surface area contributed by atoms with Crippen molar-refractivity contribution in [2.45, 2.75) is 13.0 Å². The molecular weight excluding hydrogens is 154 g/mol. The molecule has 0 saturated heterocycles. The molecule has 2 N–H and O–H groups in total. The molecule has 0 aromatic heterocycles. The number of carbonyl (C=O) groups excluding carboxylic acids is 1. The number of nitrogen functional groups attached to an aromatic ring is 1. The number of hydrogen-bond donors (Lipinski definition) is 1. The standard InChI is InChI=1S/C9H9NO2/c1-5-7-3-2-6(10)4-8(7)9(11)12-5/h2-5H,10H2,1H3. The van der Waals surface area contributed by atoms with Gasteiger partial charge in [0, 0.05) is 11.3 Å². The van der Waals surface area contributed by atoms with E-state index in [0.29, 0.717) is 11.3 Å². The fourth-order valence-corrected chi connectivity index (χ4v) is 1.39. The summed E-state index contributed by atoms with van der Waals surface area (Å²) in [7, 11) is 0. The van der Waals surface area contributed by atoms with Gasteiger partial charge in [-0.3, -0.25) is 0 Å². The number of benzene rings is 1. The highest BCUT2D eigenvalue weighted by molar-refractivity contribution is 5.94. The number of esters is 1. The zero-order valence-electron chi connectivity index (χ0n) is 6.70. The minimum Gasteiger partial charge on any atom is -0.454 e. The summed E-state index contributed by atoms with van der Waals surface area (Å²) in [5.41, 5.74) is 7.65. The molecular formula is C9H9NO2. The van der Waals surface area contributed by atoms with Gasteiger partial charge in [0.2, 0.25) is 0 Å². The number of cyclic esters (lactones) is 1. The quantitative estimate of drug-likeness (QED) is 0.465. The third-order valence-corrected chi connectivity index (χ3v) is 2.02. The Kier molecular flexibility index (Phi) is 1.33. The van der Waals surface area contributed by atoms with Crippen molar-refractivity contribution in [3.05, 3.63) is 29.3 Å². The Bertz CT molecular complexity index is 346. The molecule has 0 bridgehead atoms. The predicted octanol–water partition coefficient (Wildman–Crippen LogP) is 1.50. The molecule has 1 aliphatic heterocycles. The highest BCUT2D eigenvalue weighted by atomic mass is 16.5. The fourth-order valence-electron chi connectivity index (χ4n) is 1.39. The lowest BCUT2D eigenvalue weighted by atomic mass is 10.1. The van der Waals surface area contributed by atoms with Crippen molar-refractivity contribution >= 4 is 11.7 Å². The molecule has 0 radical (unpaired) electrons. The van der Waals surface area contributed by atoms with Crippen molar-refractivity contribution in [2.75, 3.05) is 5.73 Å². The number of fused-ring (bicyclic) bond motifs is 1. The van der Waals surface area contributed by atoms with E-state index in [1.165, 1.54) is 0 Å². The van der Waals surface area contributed by atoms with Gasteiger partial charge < -0.3 is 10.5 Å². The Morgan fingerprint density at radius 3 is 3.00 bits per heavy atom. The van der Waals surface area contributed by atoms with E-state index in [9.17, 15) is 4.79 Å². The molecule has 1 aliphatic rings. The van der Waals surface area contributed by atoms with Crippen molar-refractivity contribution in [1.82, 2.24) is 0 Å². The highest BCUT2D eigenvalue weighted by Gasteiger charge is 2.27. The monoisotopic (exact) mass is 163 g/mol. The van der Waals surface area contributed by atoms with Crippen LogP contribution >= 0.6 is 0 Å². The summed E-state index contributed by atoms with van der Waals surface area (Å²) in [4.78, 5) is 11.2. The minimum absolute atomic E-state index is 0.131. The van der Waals surface area contributed by atoms with Gasteiger partial charge in [-0.05, 0) is 19.1 Å². The number of anilines is 1. The summed E-state index contributed by atoms with van der Waals surface area (Å²) in [5, 5.41) is 0. The second-order valence-corrected chi connectivity index (χ2v) is 2.89. The lowest BCUT2D eigenvalue weighted by Crippen LogP contribution is -1.95. The average molecular weight is 163 g/mol. The summed E-state index contributed by atoms with van der Waals surface area (Å²) >= 11 is 0. The van der Waals surface area contributed by atoms with Crippen LogP contribution in [0.25, 0.3) is 0 Å². The van der Waals surface area contributed by atoms with E-state index < -0.39 is 0 Å². The van der Waals surface area contributed by atoms with E-state index in [-0.39, 0.29) is 12.1 Å². The maximum Gasteiger partial charge on any atom is 0.339 e. The molecule has 1 atom stereocenters. The van der Waals surface area contributed by atoms with Crippen molar-refractivity contribution in [3.8, 4) is 0 Å². The van der Waals surface area contributed by atoms with Crippen LogP contribution in [0.5, 0.6) is 0 Å². The topological polar surface area (TPSA) is 52.3 Å². The lowest BCUT2D eigenvalue weighted by molar-refractivity contribution is 0.0422. The molecule has 62 valence electrons. The fraction of sp³-hybridized carbons (Fsp3) is 0.222. The Labute approximate surface area is 70.1 Å². The summed E-state index contributed by atoms with van der Waals surface area (Å²) in [6.45, 7) is 1.85. The summed E-state index contributed by atoms with van der Waals surface area (Å²) in [6.07, 6.45) is -0.131. The van der Waals surface area contributed by atoms with E-state index in [1.807, 2.05) is 13.0 Å². The van der Waals surface area contributed by atoms with Crippen LogP contribution in [-0.2, 0) is 4.74 Å². The second-order valence-electron chi connectivity index (χ2n) is 2.89. The number of carbonyl (C=O) groups is 1. The van der Waals surface area contributed by atoms with Crippen LogP contribution in [0, 0.1) is 0 Å². The Morgan fingerprint density at radius 2 is 2.25 bits per heavy atom. The number of hydrogen-bond acceptors (Lipinski definition) is 3. The van der Waals surface area contributed by atoms with Gasteiger partial charge in [0.1, 0.15) is 6.10 Å². The van der Waals surface area contributed by atoms with Gasteiger partial charge in [0.15, 0.2) is 0 Å². The molecule has 2 rings (SSSR count). The first-order valence-corrected chi connectivity index (χ1v) is 3.79. The van der Waals surface area contributed by atoms with Crippen LogP contribution in [-0.4, -0.2) is 5.97 Å². The van der Waals surface area contributed by atoms with Crippen molar-refractivity contribution in [2.24, 2.45) is 0 Å². The minimum atomic E-state index is -0.273.